The van der Waals surface area contributed by atoms with E-state index in [4.69, 9.17) is 110 Å². The number of carbonyl (C=O) groups excluding carboxylic acids is 5. The highest BCUT2D eigenvalue weighted by Gasteiger charge is 2.20. The van der Waals surface area contributed by atoms with E-state index in [0.717, 1.165) is 70.9 Å². The Hall–Kier alpha value is -13.0. The van der Waals surface area contributed by atoms with Gasteiger partial charge in [-0.1, -0.05) is 154 Å². The van der Waals surface area contributed by atoms with Crippen LogP contribution in [0.25, 0.3) is 56.3 Å². The number of hydrogen-bond donors (Lipinski definition) is 9. The van der Waals surface area contributed by atoms with Crippen LogP contribution < -0.4 is 41.9 Å². The number of benzene rings is 7. The molecule has 0 spiro atoms. The zero-order valence-electron chi connectivity index (χ0n) is 70.0. The van der Waals surface area contributed by atoms with Crippen LogP contribution in [-0.2, 0) is 16.4 Å². The number of sulfonamides is 1. The molecule has 0 aliphatic rings. The van der Waals surface area contributed by atoms with E-state index in [0.29, 0.717) is 110 Å². The van der Waals surface area contributed by atoms with E-state index in [-0.39, 0.29) is 56.7 Å². The molecule has 0 atom stereocenters. The van der Waals surface area contributed by atoms with E-state index in [2.05, 4.69) is 93.6 Å². The van der Waals surface area contributed by atoms with Crippen molar-refractivity contribution in [2.24, 2.45) is 0 Å². The number of aliphatic hydroxyl groups is 1. The number of hydrogen-bond acceptors (Lipinski definition) is 19. The van der Waals surface area contributed by atoms with Crippen LogP contribution in [0.3, 0.4) is 0 Å². The van der Waals surface area contributed by atoms with Gasteiger partial charge in [-0.05, 0) is 232 Å². The average molecular weight is 1950 g/mol. The van der Waals surface area contributed by atoms with Gasteiger partial charge in [0, 0.05) is 137 Å². The predicted molar refractivity (Wildman–Crippen MR) is 529 cm³/mol. The number of aliphatic hydroxyl groups excluding tert-OH is 1. The summed E-state index contributed by atoms with van der Waals surface area (Å²) in [5.41, 5.74) is 13.7. The van der Waals surface area contributed by atoms with E-state index in [9.17, 15) is 32.4 Å². The van der Waals surface area contributed by atoms with Gasteiger partial charge >= 0.3 is 0 Å². The summed E-state index contributed by atoms with van der Waals surface area (Å²) in [4.78, 5) is 98.1. The first-order chi connectivity index (χ1) is 63.0. The molecule has 666 valence electrons. The van der Waals surface area contributed by atoms with Gasteiger partial charge in [0.2, 0.25) is 10.0 Å². The quantitative estimate of drug-likeness (QED) is 0.0240. The number of nitrogens with one attached hydrogen (secondary N) is 8. The van der Waals surface area contributed by atoms with E-state index in [1.165, 1.54) is 48.3 Å². The number of aryl methyl sites for hydroxylation is 1. The van der Waals surface area contributed by atoms with E-state index >= 15 is 0 Å². The molecule has 0 radical (unpaired) electrons. The average Bonchev–Trinajstić information content (AvgIpc) is 0.824. The van der Waals surface area contributed by atoms with Gasteiger partial charge in [0.1, 0.15) is 16.8 Å². The fraction of sp³-hybridized carbons (Fsp3) is 0.0938. The molecule has 9 N–H and O–H groups in total. The van der Waals surface area contributed by atoms with Gasteiger partial charge in [0.15, 0.2) is 0 Å². The predicted octanol–water partition coefficient (Wildman–Crippen LogP) is 23.4. The monoisotopic (exact) mass is 1950 g/mol. The molecule has 8 heterocycles. The molecule has 0 unspecified atom stereocenters. The van der Waals surface area contributed by atoms with Crippen LogP contribution in [0.5, 0.6) is 0 Å². The summed E-state index contributed by atoms with van der Waals surface area (Å²) in [6.45, 7) is 4.04. The number of likely N-dealkylation sites (N-methyl/N-ethyl adjacent to an activating group) is 1. The standard InChI is InChI=1S/C21H22ClN5O.C20H17ClN2O.C19H16Cl2N4O2.C19H15Cl2N3O3S.C17H10Cl3N3O/c1-27(2)12-11-24-20-9-6-15(14-25-20)21(28)26-16-7-8-18(22)17(13-16)19-5-3-4-10-23-19;1-2-14-6-8-15(9-7-14)20(24)23-16-10-11-18(21)17(13-16)19-5-3-4-12-22-19;20-15-5-4-13(10-14(15)17-3-1-2-6-22-17)25-19(27)12-9-16(21)18(24-11-12)23-7-8-26;1-28(26,27)24-13-5-7-14(17(21)11-13)19(25)23-12-6-8-16(20)15(10-12)18-4-2-3-9-22-18;18-13-5-4-11(8-12(13)15-3-1-2-6-21-15)23-17(24)10-7-14(19)16(20)22-9-10/h3-10,13-14H,11-12H2,1-2H3,(H,24,25)(H,26,28);3-13H,2H2,1H3,(H,23,24);1-6,9-11,26H,7-8H2,(H,23,24)(H,25,27);2-11,24H,1H3,(H,23,25);1-9H,(H,23,24). The maximum absolute atomic E-state index is 12.6. The van der Waals surface area contributed by atoms with Crippen LogP contribution in [-0.4, -0.2) is 134 Å². The van der Waals surface area contributed by atoms with Crippen LogP contribution in [0, 0.1) is 0 Å². The largest absolute Gasteiger partial charge is 0.395 e. The molecule has 5 amide bonds. The SMILES string of the molecule is CCc1ccc(C(=O)Nc2ccc(Cl)c(-c3ccccn3)c2)cc1.CN(C)CCNc1ccc(C(=O)Nc2ccc(Cl)c(-c3ccccn3)c2)cn1.CS(=O)(=O)Nc1ccc(C(=O)Nc2ccc(Cl)c(-c3ccccn3)c2)c(Cl)c1.O=C(Nc1ccc(Cl)c(-c2ccccn2)c1)c1cnc(Cl)c(Cl)c1.O=C(Nc1ccc(Cl)c(-c2ccccn2)c1)c1cnc(NCCO)c(Cl)c1. The van der Waals surface area contributed by atoms with E-state index in [1.807, 2.05) is 135 Å². The fourth-order valence-electron chi connectivity index (χ4n) is 11.9. The Kier molecular flexibility index (Phi) is 36.5. The zero-order valence-corrected chi connectivity index (χ0v) is 77.6. The van der Waals surface area contributed by atoms with Crippen molar-refractivity contribution in [3.63, 3.8) is 0 Å². The summed E-state index contributed by atoms with van der Waals surface area (Å²) in [5, 5.41) is 32.6. The lowest BCUT2D eigenvalue weighted by molar-refractivity contribution is 0.101. The third-order valence-corrected chi connectivity index (χ3v) is 22.0. The van der Waals surface area contributed by atoms with E-state index in [1.54, 1.807) is 134 Å². The smallest absolute Gasteiger partial charge is 0.257 e. The van der Waals surface area contributed by atoms with Crippen molar-refractivity contribution in [2.75, 3.05) is 88.5 Å². The Morgan fingerprint density at radius 3 is 1.04 bits per heavy atom. The summed E-state index contributed by atoms with van der Waals surface area (Å²) in [6, 6.07) is 72.3. The second-order valence-corrected chi connectivity index (χ2v) is 33.7. The Balaban J connectivity index is 0.000000158. The summed E-state index contributed by atoms with van der Waals surface area (Å²) in [7, 11) is 0.587. The van der Waals surface area contributed by atoms with Crippen molar-refractivity contribution in [3.8, 4) is 56.3 Å². The Labute approximate surface area is 800 Å². The highest BCUT2D eigenvalue weighted by Crippen LogP contribution is 2.36. The molecule has 8 aromatic heterocycles. The van der Waals surface area contributed by atoms with Gasteiger partial charge in [-0.3, -0.25) is 53.6 Å². The third-order valence-electron chi connectivity index (χ3n) is 18.4. The van der Waals surface area contributed by atoms with Gasteiger partial charge in [-0.15, -0.1) is 0 Å². The number of anilines is 8. The molecule has 15 rings (SSSR count). The molecular formula is C96H80Cl9N17O8S. The number of halogens is 9. The van der Waals surface area contributed by atoms with Crippen molar-refractivity contribution in [3.05, 3.63) is 377 Å². The molecule has 0 aliphatic carbocycles. The molecule has 0 aliphatic heterocycles. The molecule has 131 heavy (non-hydrogen) atoms. The molecule has 0 fully saturated rings. The number of aromatic nitrogens is 8. The maximum atomic E-state index is 12.6. The third kappa shape index (κ3) is 29.8. The second kappa shape index (κ2) is 48.6. The highest BCUT2D eigenvalue weighted by molar-refractivity contribution is 7.92. The van der Waals surface area contributed by atoms with Gasteiger partial charge in [0.25, 0.3) is 29.5 Å². The van der Waals surface area contributed by atoms with Crippen molar-refractivity contribution in [1.82, 2.24) is 44.8 Å². The van der Waals surface area contributed by atoms with Crippen molar-refractivity contribution in [1.29, 1.82) is 0 Å². The fourth-order valence-corrected chi connectivity index (χ4v) is 14.3. The van der Waals surface area contributed by atoms with Gasteiger partial charge in [-0.25, -0.2) is 23.4 Å². The van der Waals surface area contributed by atoms with Crippen molar-refractivity contribution in [2.45, 2.75) is 13.3 Å². The summed E-state index contributed by atoms with van der Waals surface area (Å²) < 4.78 is 24.9. The number of rotatable bonds is 25. The molecule has 25 nitrogen and oxygen atoms in total. The molecule has 15 aromatic rings. The van der Waals surface area contributed by atoms with Crippen LogP contribution in [0.15, 0.2) is 298 Å². The van der Waals surface area contributed by atoms with Crippen LogP contribution >= 0.6 is 104 Å². The van der Waals surface area contributed by atoms with Crippen LogP contribution in [0.1, 0.15) is 64.3 Å². The van der Waals surface area contributed by atoms with Crippen molar-refractivity contribution < 1.29 is 37.5 Å². The number of nitrogens with zero attached hydrogens (tertiary/aromatic N) is 9. The van der Waals surface area contributed by atoms with Gasteiger partial charge < -0.3 is 47.2 Å². The topological polar surface area (TPSA) is 342 Å². The van der Waals surface area contributed by atoms with Gasteiger partial charge in [0.05, 0.1) is 104 Å². The Morgan fingerprint density at radius 2 is 0.702 bits per heavy atom. The molecule has 0 bridgehead atoms. The summed E-state index contributed by atoms with van der Waals surface area (Å²) in [5.74, 6) is -0.380. The summed E-state index contributed by atoms with van der Waals surface area (Å²) >= 11 is 55.2. The first kappa shape index (κ1) is 98.6. The molecule has 0 saturated heterocycles. The Morgan fingerprint density at radius 1 is 0.344 bits per heavy atom. The second-order valence-electron chi connectivity index (χ2n) is 28.3. The normalized spacial score (nSPS) is 10.6. The number of amides is 5. The minimum absolute atomic E-state index is 0.0462. The highest BCUT2D eigenvalue weighted by atomic mass is 35.5. The Bertz CT molecular complexity index is 6610. The van der Waals surface area contributed by atoms with Gasteiger partial charge in [-0.2, -0.15) is 0 Å². The lowest BCUT2D eigenvalue weighted by atomic mass is 10.1. The van der Waals surface area contributed by atoms with E-state index < -0.39 is 15.9 Å². The maximum Gasteiger partial charge on any atom is 0.257 e. The van der Waals surface area contributed by atoms with Crippen molar-refractivity contribution >= 4 is 190 Å². The van der Waals surface area contributed by atoms with Crippen LogP contribution in [0.2, 0.25) is 45.3 Å². The lowest BCUT2D eigenvalue weighted by Gasteiger charge is -2.11. The first-order valence-electron chi connectivity index (χ1n) is 39.7. The minimum atomic E-state index is -3.44. The molecule has 0 saturated carbocycles. The number of carbonyl (C=O) groups is 5. The molecule has 7 aromatic carbocycles. The lowest BCUT2D eigenvalue weighted by Crippen LogP contribution is -2.21. The first-order valence-corrected chi connectivity index (χ1v) is 45.0. The summed E-state index contributed by atoms with van der Waals surface area (Å²) in [6.07, 6.45) is 14.7. The number of pyridine rings is 8. The molecular weight excluding hydrogens is 1870 g/mol. The minimum Gasteiger partial charge on any atom is -0.395 e. The molecule has 35 heteroatoms. The van der Waals surface area contributed by atoms with Crippen LogP contribution in [0.4, 0.5) is 45.8 Å². The zero-order chi connectivity index (χ0) is 93.5.